The zero-order valence-electron chi connectivity index (χ0n) is 15.2. The Morgan fingerprint density at radius 2 is 2.31 bits per heavy atom. The number of pyridine rings is 1. The molecule has 0 atom stereocenters. The summed E-state index contributed by atoms with van der Waals surface area (Å²) in [5.41, 5.74) is 4.32. The van der Waals surface area contributed by atoms with E-state index in [9.17, 15) is 4.79 Å². The molecule has 26 heavy (non-hydrogen) atoms. The van der Waals surface area contributed by atoms with Gasteiger partial charge in [0.25, 0.3) is 0 Å². The van der Waals surface area contributed by atoms with Crippen molar-refractivity contribution in [2.45, 2.75) is 38.8 Å². The van der Waals surface area contributed by atoms with Crippen molar-refractivity contribution in [2.24, 2.45) is 0 Å². The molecular weight excluding hydrogens is 332 g/mol. The molecule has 0 radical (unpaired) electrons. The molecule has 0 fully saturated rings. The molecule has 1 aliphatic rings. The zero-order valence-corrected chi connectivity index (χ0v) is 15.2. The third kappa shape index (κ3) is 4.89. The molecule has 1 aliphatic heterocycles. The van der Waals surface area contributed by atoms with Gasteiger partial charge in [-0.1, -0.05) is 6.07 Å². The number of hydrogen-bond acceptors (Lipinski definition) is 5. The molecule has 0 unspecified atom stereocenters. The molecule has 0 spiro atoms. The number of methoxy groups -OCH3 is 1. The Balaban J connectivity index is 1.50. The van der Waals surface area contributed by atoms with E-state index < -0.39 is 0 Å². The van der Waals surface area contributed by atoms with Crippen molar-refractivity contribution in [3.05, 3.63) is 47.0 Å². The third-order valence-electron chi connectivity index (χ3n) is 4.50. The number of amides is 1. The lowest BCUT2D eigenvalue weighted by molar-refractivity contribution is -0.121. The van der Waals surface area contributed by atoms with Crippen LogP contribution in [-0.4, -0.2) is 47.5 Å². The molecule has 0 saturated carbocycles. The Hall–Kier alpha value is -2.25. The summed E-state index contributed by atoms with van der Waals surface area (Å²) in [5, 5.41) is 7.65. The molecule has 7 heteroatoms. The highest BCUT2D eigenvalue weighted by Gasteiger charge is 2.21. The first-order chi connectivity index (χ1) is 12.8. The van der Waals surface area contributed by atoms with Crippen molar-refractivity contribution < 1.29 is 14.3 Å². The first-order valence-electron chi connectivity index (χ1n) is 9.08. The number of nitrogens with zero attached hydrogens (tertiary/aromatic N) is 3. The van der Waals surface area contributed by atoms with Gasteiger partial charge in [0.05, 0.1) is 32.1 Å². The first-order valence-corrected chi connectivity index (χ1v) is 9.08. The van der Waals surface area contributed by atoms with Crippen molar-refractivity contribution in [1.82, 2.24) is 20.1 Å². The van der Waals surface area contributed by atoms with Gasteiger partial charge < -0.3 is 14.8 Å². The molecule has 0 aromatic carbocycles. The van der Waals surface area contributed by atoms with Crippen LogP contribution in [0.2, 0.25) is 0 Å². The van der Waals surface area contributed by atoms with Gasteiger partial charge in [0.15, 0.2) is 0 Å². The van der Waals surface area contributed by atoms with Crippen LogP contribution in [0.4, 0.5) is 0 Å². The first kappa shape index (κ1) is 18.5. The van der Waals surface area contributed by atoms with Gasteiger partial charge in [0.1, 0.15) is 0 Å². The Labute approximate surface area is 153 Å². The van der Waals surface area contributed by atoms with Gasteiger partial charge in [-0.3, -0.25) is 14.5 Å². The van der Waals surface area contributed by atoms with Crippen LogP contribution in [0.1, 0.15) is 29.1 Å². The fourth-order valence-electron chi connectivity index (χ4n) is 3.14. The largest absolute Gasteiger partial charge is 0.383 e. The summed E-state index contributed by atoms with van der Waals surface area (Å²) in [4.78, 5) is 16.4. The number of carbonyl (C=O) groups excluding carboxylic acids is 1. The van der Waals surface area contributed by atoms with Crippen molar-refractivity contribution in [3.63, 3.8) is 0 Å². The Morgan fingerprint density at radius 3 is 3.12 bits per heavy atom. The number of ether oxygens (including phenoxy) is 2. The molecule has 1 amide bonds. The molecule has 1 N–H and O–H groups in total. The molecule has 140 valence electrons. The molecule has 3 heterocycles. The molecule has 0 bridgehead atoms. The minimum absolute atomic E-state index is 0.0397. The van der Waals surface area contributed by atoms with Crippen molar-refractivity contribution in [1.29, 1.82) is 0 Å². The van der Waals surface area contributed by atoms with Crippen LogP contribution in [-0.2, 0) is 46.7 Å². The van der Waals surface area contributed by atoms with Gasteiger partial charge in [-0.05, 0) is 12.1 Å². The molecule has 3 rings (SSSR count). The SMILES string of the molecule is COCCn1nc(CCC(=O)NCCc2ccccn2)c2c1CCOC2. The average Bonchev–Trinajstić information content (AvgIpc) is 3.03. The van der Waals surface area contributed by atoms with E-state index in [0.717, 1.165) is 42.9 Å². The van der Waals surface area contributed by atoms with E-state index in [0.29, 0.717) is 32.6 Å². The zero-order chi connectivity index (χ0) is 18.2. The highest BCUT2D eigenvalue weighted by Crippen LogP contribution is 2.22. The lowest BCUT2D eigenvalue weighted by Gasteiger charge is -2.15. The minimum atomic E-state index is 0.0397. The van der Waals surface area contributed by atoms with Gasteiger partial charge in [-0.2, -0.15) is 5.10 Å². The van der Waals surface area contributed by atoms with E-state index in [2.05, 4.69) is 10.3 Å². The summed E-state index contributed by atoms with van der Waals surface area (Å²) in [7, 11) is 1.69. The number of hydrogen-bond donors (Lipinski definition) is 1. The number of aryl methyl sites for hydroxylation is 1. The van der Waals surface area contributed by atoms with Crippen LogP contribution in [0, 0.1) is 0 Å². The lowest BCUT2D eigenvalue weighted by atomic mass is 10.1. The molecule has 0 saturated heterocycles. The number of rotatable bonds is 9. The fraction of sp³-hybridized carbons (Fsp3) is 0.526. The van der Waals surface area contributed by atoms with Crippen LogP contribution in [0.25, 0.3) is 0 Å². The minimum Gasteiger partial charge on any atom is -0.383 e. The molecule has 7 nitrogen and oxygen atoms in total. The molecule has 0 aliphatic carbocycles. The smallest absolute Gasteiger partial charge is 0.220 e. The number of fused-ring (bicyclic) bond motifs is 1. The quantitative estimate of drug-likeness (QED) is 0.731. The predicted octanol–water partition coefficient (Wildman–Crippen LogP) is 1.29. The average molecular weight is 358 g/mol. The van der Waals surface area contributed by atoms with E-state index in [1.165, 1.54) is 5.69 Å². The van der Waals surface area contributed by atoms with E-state index in [1.807, 2.05) is 22.9 Å². The Morgan fingerprint density at radius 1 is 1.38 bits per heavy atom. The fourth-order valence-corrected chi connectivity index (χ4v) is 3.14. The third-order valence-corrected chi connectivity index (χ3v) is 4.50. The summed E-state index contributed by atoms with van der Waals surface area (Å²) >= 11 is 0. The van der Waals surface area contributed by atoms with E-state index in [-0.39, 0.29) is 5.91 Å². The molecule has 2 aromatic rings. The standard InChI is InChI=1S/C19H26N4O3/c1-25-13-11-23-18-8-12-26-14-16(18)17(22-23)5-6-19(24)21-10-7-15-4-2-3-9-20-15/h2-4,9H,5-8,10-14H2,1H3,(H,21,24). The monoisotopic (exact) mass is 358 g/mol. The maximum Gasteiger partial charge on any atom is 0.220 e. The van der Waals surface area contributed by atoms with Crippen molar-refractivity contribution in [3.8, 4) is 0 Å². The maximum absolute atomic E-state index is 12.1. The van der Waals surface area contributed by atoms with Crippen LogP contribution < -0.4 is 5.32 Å². The number of nitrogens with one attached hydrogen (secondary N) is 1. The lowest BCUT2D eigenvalue weighted by Crippen LogP contribution is -2.26. The highest BCUT2D eigenvalue weighted by molar-refractivity contribution is 5.76. The van der Waals surface area contributed by atoms with Gasteiger partial charge in [-0.15, -0.1) is 0 Å². The van der Waals surface area contributed by atoms with E-state index >= 15 is 0 Å². The van der Waals surface area contributed by atoms with Gasteiger partial charge in [0, 0.05) is 62.5 Å². The summed E-state index contributed by atoms with van der Waals surface area (Å²) in [6.45, 7) is 3.26. The van der Waals surface area contributed by atoms with Crippen molar-refractivity contribution >= 4 is 5.91 Å². The Kier molecular flexibility index (Phi) is 6.74. The summed E-state index contributed by atoms with van der Waals surface area (Å²) in [5.74, 6) is 0.0397. The van der Waals surface area contributed by atoms with Gasteiger partial charge >= 0.3 is 0 Å². The highest BCUT2D eigenvalue weighted by atomic mass is 16.5. The van der Waals surface area contributed by atoms with E-state index in [1.54, 1.807) is 13.3 Å². The van der Waals surface area contributed by atoms with Crippen LogP contribution >= 0.6 is 0 Å². The summed E-state index contributed by atoms with van der Waals surface area (Å²) < 4.78 is 12.8. The van der Waals surface area contributed by atoms with Crippen molar-refractivity contribution in [2.75, 3.05) is 26.9 Å². The number of carbonyl (C=O) groups is 1. The van der Waals surface area contributed by atoms with E-state index in [4.69, 9.17) is 14.6 Å². The predicted molar refractivity (Wildman–Crippen MR) is 96.7 cm³/mol. The summed E-state index contributed by atoms with van der Waals surface area (Å²) in [6, 6.07) is 5.80. The van der Waals surface area contributed by atoms with Crippen LogP contribution in [0.5, 0.6) is 0 Å². The second kappa shape index (κ2) is 9.45. The summed E-state index contributed by atoms with van der Waals surface area (Å²) in [6.07, 6.45) is 4.42. The van der Waals surface area contributed by atoms with Gasteiger partial charge in [-0.25, -0.2) is 0 Å². The normalized spacial score (nSPS) is 13.4. The molecular formula is C19H26N4O3. The topological polar surface area (TPSA) is 78.3 Å². The second-order valence-electron chi connectivity index (χ2n) is 6.31. The maximum atomic E-state index is 12.1. The second-order valence-corrected chi connectivity index (χ2v) is 6.31. The van der Waals surface area contributed by atoms with Crippen LogP contribution in [0.15, 0.2) is 24.4 Å². The number of aromatic nitrogens is 3. The van der Waals surface area contributed by atoms with Gasteiger partial charge in [0.2, 0.25) is 5.91 Å². The Bertz CT molecular complexity index is 715. The van der Waals surface area contributed by atoms with Crippen LogP contribution in [0.3, 0.4) is 0 Å². The molecule has 2 aromatic heterocycles.